The lowest BCUT2D eigenvalue weighted by Gasteiger charge is -2.07. The number of benzene rings is 2. The van der Waals surface area contributed by atoms with E-state index in [1.54, 1.807) is 31.4 Å². The zero-order valence-corrected chi connectivity index (χ0v) is 10.00. The first-order valence-electron chi connectivity index (χ1n) is 5.47. The highest BCUT2D eigenvalue weighted by atomic mass is 16.5. The summed E-state index contributed by atoms with van der Waals surface area (Å²) in [6.07, 6.45) is 0. The van der Waals surface area contributed by atoms with E-state index in [9.17, 15) is 0 Å². The summed E-state index contributed by atoms with van der Waals surface area (Å²) in [5, 5.41) is 8.61. The topological polar surface area (TPSA) is 47.9 Å². The molecule has 0 bridgehead atoms. The fraction of sp³-hybridized carbons (Fsp3) is 0.0769. The van der Waals surface area contributed by atoms with Gasteiger partial charge in [-0.25, -0.2) is 0 Å². The molecule has 0 spiro atoms. The number of methoxy groups -OCH3 is 1. The first-order valence-corrected chi connectivity index (χ1v) is 5.47. The van der Waals surface area contributed by atoms with Crippen molar-refractivity contribution in [2.24, 2.45) is 0 Å². The minimum Gasteiger partial charge on any atom is -0.539 e. The third-order valence-electron chi connectivity index (χ3n) is 2.35. The quantitative estimate of drug-likeness (QED) is 0.818. The number of hydrogen-bond donors (Lipinski definition) is 1. The van der Waals surface area contributed by atoms with Gasteiger partial charge >= 0.3 is 7.69 Å². The lowest BCUT2D eigenvalue weighted by atomic mass is 10.3. The van der Waals surface area contributed by atoms with Crippen molar-refractivity contribution in [1.29, 1.82) is 0 Å². The molecule has 1 N–H and O–H groups in total. The SMILES string of the molecule is COc1ccc(Oc2ccc(OBO)cc2)cc1. The Hall–Kier alpha value is -2.14. The van der Waals surface area contributed by atoms with Crippen LogP contribution in [0.15, 0.2) is 48.5 Å². The minimum atomic E-state index is -0.335. The maximum Gasteiger partial charge on any atom is 0.504 e. The van der Waals surface area contributed by atoms with Crippen LogP contribution in [0.3, 0.4) is 0 Å². The van der Waals surface area contributed by atoms with E-state index in [4.69, 9.17) is 19.2 Å². The molecular weight excluding hydrogens is 231 g/mol. The van der Waals surface area contributed by atoms with Crippen LogP contribution < -0.4 is 14.1 Å². The summed E-state index contributed by atoms with van der Waals surface area (Å²) in [4.78, 5) is 0. The van der Waals surface area contributed by atoms with Gasteiger partial charge in [-0.3, -0.25) is 0 Å². The highest BCUT2D eigenvalue weighted by molar-refractivity contribution is 6.17. The van der Waals surface area contributed by atoms with E-state index in [-0.39, 0.29) is 7.69 Å². The summed E-state index contributed by atoms with van der Waals surface area (Å²) in [7, 11) is 1.29. The van der Waals surface area contributed by atoms with Crippen LogP contribution in [0.1, 0.15) is 0 Å². The Morgan fingerprint density at radius 1 is 0.778 bits per heavy atom. The summed E-state index contributed by atoms with van der Waals surface area (Å²) in [6.45, 7) is 0. The molecule has 2 aromatic carbocycles. The zero-order valence-electron chi connectivity index (χ0n) is 10.00. The van der Waals surface area contributed by atoms with E-state index >= 15 is 0 Å². The lowest BCUT2D eigenvalue weighted by Crippen LogP contribution is -1.99. The highest BCUT2D eigenvalue weighted by Gasteiger charge is 1.99. The zero-order chi connectivity index (χ0) is 12.8. The van der Waals surface area contributed by atoms with Crippen LogP contribution in [0.5, 0.6) is 23.0 Å². The van der Waals surface area contributed by atoms with Gasteiger partial charge in [0.25, 0.3) is 0 Å². The second-order valence-corrected chi connectivity index (χ2v) is 3.52. The van der Waals surface area contributed by atoms with Crippen molar-refractivity contribution in [2.45, 2.75) is 0 Å². The van der Waals surface area contributed by atoms with Gasteiger partial charge in [-0.15, -0.1) is 0 Å². The van der Waals surface area contributed by atoms with Crippen molar-refractivity contribution in [3.05, 3.63) is 48.5 Å². The molecule has 0 aromatic heterocycles. The number of hydrogen-bond acceptors (Lipinski definition) is 4. The van der Waals surface area contributed by atoms with Gasteiger partial charge in [0.05, 0.1) is 7.11 Å². The Morgan fingerprint density at radius 2 is 1.22 bits per heavy atom. The molecular formula is C13H13BO4. The van der Waals surface area contributed by atoms with Crippen LogP contribution in [0.25, 0.3) is 0 Å². The van der Waals surface area contributed by atoms with E-state index in [1.807, 2.05) is 24.3 Å². The second kappa shape index (κ2) is 5.98. The van der Waals surface area contributed by atoms with Crippen LogP contribution >= 0.6 is 0 Å². The summed E-state index contributed by atoms with van der Waals surface area (Å²) >= 11 is 0. The molecule has 0 heterocycles. The third-order valence-corrected chi connectivity index (χ3v) is 2.35. The van der Waals surface area contributed by atoms with Crippen molar-refractivity contribution >= 4 is 7.69 Å². The van der Waals surface area contributed by atoms with Crippen LogP contribution in [0.4, 0.5) is 0 Å². The molecule has 18 heavy (non-hydrogen) atoms. The fourth-order valence-electron chi connectivity index (χ4n) is 1.46. The number of ether oxygens (including phenoxy) is 2. The fourth-order valence-corrected chi connectivity index (χ4v) is 1.46. The monoisotopic (exact) mass is 244 g/mol. The predicted octanol–water partition coefficient (Wildman–Crippen LogP) is 2.13. The molecule has 5 heteroatoms. The molecule has 92 valence electrons. The van der Waals surface area contributed by atoms with Crippen molar-refractivity contribution in [2.75, 3.05) is 7.11 Å². The molecule has 2 rings (SSSR count). The Bertz CT molecular complexity index is 481. The van der Waals surface area contributed by atoms with E-state index in [1.165, 1.54) is 0 Å². The van der Waals surface area contributed by atoms with Gasteiger partial charge in [-0.05, 0) is 48.5 Å². The number of rotatable bonds is 5. The second-order valence-electron chi connectivity index (χ2n) is 3.52. The molecule has 0 atom stereocenters. The van der Waals surface area contributed by atoms with E-state index < -0.39 is 0 Å². The summed E-state index contributed by atoms with van der Waals surface area (Å²) in [6, 6.07) is 14.3. The van der Waals surface area contributed by atoms with E-state index in [2.05, 4.69) is 0 Å². The van der Waals surface area contributed by atoms with E-state index in [0.29, 0.717) is 11.5 Å². The molecule has 2 aromatic rings. The molecule has 0 aliphatic heterocycles. The average Bonchev–Trinajstić information content (AvgIpc) is 2.42. The van der Waals surface area contributed by atoms with Gasteiger partial charge in [0, 0.05) is 0 Å². The smallest absolute Gasteiger partial charge is 0.504 e. The van der Waals surface area contributed by atoms with Crippen molar-refractivity contribution in [3.63, 3.8) is 0 Å². The van der Waals surface area contributed by atoms with Gasteiger partial charge in [0.2, 0.25) is 0 Å². The Morgan fingerprint density at radius 3 is 1.67 bits per heavy atom. The summed E-state index contributed by atoms with van der Waals surface area (Å²) in [5.41, 5.74) is 0. The predicted molar refractivity (Wildman–Crippen MR) is 69.5 cm³/mol. The maximum absolute atomic E-state index is 8.61. The summed E-state index contributed by atoms with van der Waals surface area (Å²) in [5.74, 6) is 2.81. The standard InChI is InChI=1S/C13H13BO4/c1-16-10-2-4-11(5-3-10)17-12-6-8-13(9-7-12)18-14-15/h2-9,14-15H,1H3. The first-order chi connectivity index (χ1) is 8.81. The van der Waals surface area contributed by atoms with Crippen molar-refractivity contribution in [1.82, 2.24) is 0 Å². The average molecular weight is 244 g/mol. The van der Waals surface area contributed by atoms with E-state index in [0.717, 1.165) is 11.5 Å². The van der Waals surface area contributed by atoms with Gasteiger partial charge in [-0.2, -0.15) is 0 Å². The summed E-state index contributed by atoms with van der Waals surface area (Å²) < 4.78 is 15.6. The van der Waals surface area contributed by atoms with Crippen LogP contribution in [0.2, 0.25) is 0 Å². The molecule has 0 amide bonds. The highest BCUT2D eigenvalue weighted by Crippen LogP contribution is 2.25. The van der Waals surface area contributed by atoms with Crippen molar-refractivity contribution in [3.8, 4) is 23.0 Å². The Kier molecular flexibility index (Phi) is 4.09. The molecule has 0 aliphatic carbocycles. The molecule has 0 aliphatic rings. The van der Waals surface area contributed by atoms with Gasteiger partial charge < -0.3 is 19.2 Å². The van der Waals surface area contributed by atoms with Gasteiger partial charge in [0.1, 0.15) is 23.0 Å². The first kappa shape index (κ1) is 12.3. The molecule has 0 unspecified atom stereocenters. The van der Waals surface area contributed by atoms with Crippen LogP contribution in [-0.2, 0) is 0 Å². The van der Waals surface area contributed by atoms with Crippen LogP contribution in [0, 0.1) is 0 Å². The van der Waals surface area contributed by atoms with Crippen molar-refractivity contribution < 1.29 is 19.2 Å². The molecule has 4 nitrogen and oxygen atoms in total. The van der Waals surface area contributed by atoms with Gasteiger partial charge in [0.15, 0.2) is 0 Å². The largest absolute Gasteiger partial charge is 0.539 e. The molecule has 0 radical (unpaired) electrons. The normalized spacial score (nSPS) is 9.67. The maximum atomic E-state index is 8.61. The minimum absolute atomic E-state index is 0.335. The lowest BCUT2D eigenvalue weighted by molar-refractivity contribution is 0.413. The van der Waals surface area contributed by atoms with Crippen LogP contribution in [-0.4, -0.2) is 19.8 Å². The Balaban J connectivity index is 2.03. The Labute approximate surface area is 106 Å². The molecule has 0 fully saturated rings. The molecule has 0 saturated carbocycles. The molecule has 0 saturated heterocycles. The van der Waals surface area contributed by atoms with Gasteiger partial charge in [-0.1, -0.05) is 0 Å². The third kappa shape index (κ3) is 3.18.